The van der Waals surface area contributed by atoms with Crippen LogP contribution < -0.4 is 5.32 Å². The maximum atomic E-state index is 6.08. The third-order valence-electron chi connectivity index (χ3n) is 2.17. The highest BCUT2D eigenvalue weighted by Crippen LogP contribution is 2.21. The van der Waals surface area contributed by atoms with Crippen LogP contribution in [-0.2, 0) is 0 Å². The van der Waals surface area contributed by atoms with Crippen LogP contribution >= 0.6 is 23.2 Å². The van der Waals surface area contributed by atoms with E-state index in [0.717, 1.165) is 17.1 Å². The number of nitrogens with one attached hydrogen (secondary N) is 1. The van der Waals surface area contributed by atoms with E-state index in [0.29, 0.717) is 5.88 Å². The molecule has 0 fully saturated rings. The van der Waals surface area contributed by atoms with Crippen molar-refractivity contribution in [3.8, 4) is 0 Å². The summed E-state index contributed by atoms with van der Waals surface area (Å²) in [5, 5.41) is 4.15. The molecule has 0 saturated carbocycles. The van der Waals surface area contributed by atoms with Crippen molar-refractivity contribution in [2.45, 2.75) is 13.0 Å². The Morgan fingerprint density at radius 1 is 1.33 bits per heavy atom. The summed E-state index contributed by atoms with van der Waals surface area (Å²) in [6, 6.07) is 8.12. The van der Waals surface area contributed by atoms with Gasteiger partial charge in [0.2, 0.25) is 0 Å². The van der Waals surface area contributed by atoms with Gasteiger partial charge in [-0.2, -0.15) is 0 Å². The first-order valence-electron chi connectivity index (χ1n) is 4.94. The molecule has 0 aliphatic rings. The molecule has 0 unspecified atom stereocenters. The summed E-state index contributed by atoms with van der Waals surface area (Å²) in [4.78, 5) is 0. The number of rotatable bonds is 5. The Hall–Kier alpha value is -0.500. The number of hydrogen-bond donors (Lipinski definition) is 1. The highest BCUT2D eigenvalue weighted by molar-refractivity contribution is 6.31. The highest BCUT2D eigenvalue weighted by Gasteiger charge is 2.06. The fourth-order valence-electron chi connectivity index (χ4n) is 1.33. The lowest BCUT2D eigenvalue weighted by atomic mass is 10.1. The molecule has 1 N–H and O–H groups in total. The molecule has 0 radical (unpaired) electrons. The molecule has 1 nitrogen and oxygen atoms in total. The number of hydrogen-bond acceptors (Lipinski definition) is 1. The van der Waals surface area contributed by atoms with Crippen molar-refractivity contribution >= 4 is 23.2 Å². The van der Waals surface area contributed by atoms with E-state index in [9.17, 15) is 0 Å². The molecule has 0 spiro atoms. The lowest BCUT2D eigenvalue weighted by Crippen LogP contribution is -2.18. The second-order valence-corrected chi connectivity index (χ2v) is 3.99. The second-order valence-electron chi connectivity index (χ2n) is 3.28. The van der Waals surface area contributed by atoms with Crippen LogP contribution in [0.2, 0.25) is 5.02 Å². The third kappa shape index (κ3) is 4.25. The van der Waals surface area contributed by atoms with E-state index in [-0.39, 0.29) is 6.04 Å². The molecule has 0 amide bonds. The zero-order valence-corrected chi connectivity index (χ0v) is 10.2. The molecule has 1 atom stereocenters. The van der Waals surface area contributed by atoms with E-state index in [1.165, 1.54) is 0 Å². The van der Waals surface area contributed by atoms with Gasteiger partial charge in [0.15, 0.2) is 0 Å². The van der Waals surface area contributed by atoms with Crippen molar-refractivity contribution in [2.75, 3.05) is 12.4 Å². The fourth-order valence-corrected chi connectivity index (χ4v) is 1.75. The Morgan fingerprint density at radius 3 is 2.73 bits per heavy atom. The minimum atomic E-state index is 0.249. The number of halogens is 2. The molecule has 1 aromatic carbocycles. The van der Waals surface area contributed by atoms with E-state index in [1.54, 1.807) is 0 Å². The number of alkyl halides is 1. The Kier molecular flexibility index (Phi) is 5.77. The largest absolute Gasteiger partial charge is 0.307 e. The van der Waals surface area contributed by atoms with Crippen LogP contribution in [0.3, 0.4) is 0 Å². The Morgan fingerprint density at radius 2 is 2.07 bits per heavy atom. The monoisotopic (exact) mass is 243 g/mol. The van der Waals surface area contributed by atoms with E-state index in [4.69, 9.17) is 23.2 Å². The van der Waals surface area contributed by atoms with Gasteiger partial charge in [0.25, 0.3) is 0 Å². The fraction of sp³-hybridized carbons (Fsp3) is 0.333. The quantitative estimate of drug-likeness (QED) is 0.613. The summed E-state index contributed by atoms with van der Waals surface area (Å²) in [5.41, 5.74) is 1.12. The first-order chi connectivity index (χ1) is 7.25. The summed E-state index contributed by atoms with van der Waals surface area (Å²) in [7, 11) is 0. The van der Waals surface area contributed by atoms with Gasteiger partial charge in [-0.15, -0.1) is 11.6 Å². The van der Waals surface area contributed by atoms with Crippen LogP contribution in [0, 0.1) is 0 Å². The summed E-state index contributed by atoms with van der Waals surface area (Å²) >= 11 is 11.6. The predicted octanol–water partition coefficient (Wildman–Crippen LogP) is 3.79. The van der Waals surface area contributed by atoms with Crippen molar-refractivity contribution in [2.24, 2.45) is 0 Å². The molecule has 3 heteroatoms. The summed E-state index contributed by atoms with van der Waals surface area (Å²) in [6.45, 7) is 2.90. The molecule has 0 saturated heterocycles. The second kappa shape index (κ2) is 6.89. The molecule has 0 aliphatic carbocycles. The Balaban J connectivity index is 2.50. The predicted molar refractivity (Wildman–Crippen MR) is 67.7 cm³/mol. The minimum absolute atomic E-state index is 0.249. The SMILES string of the molecule is C[C@H](NC/C=C/CCl)c1ccccc1Cl. The molecule has 0 aromatic heterocycles. The molecule has 0 heterocycles. The van der Waals surface area contributed by atoms with Crippen LogP contribution in [0.4, 0.5) is 0 Å². The molecule has 0 bridgehead atoms. The Labute approximate surface area is 101 Å². The topological polar surface area (TPSA) is 12.0 Å². The number of benzene rings is 1. The van der Waals surface area contributed by atoms with Crippen molar-refractivity contribution in [1.82, 2.24) is 5.32 Å². The Bertz CT molecular complexity index is 323. The van der Waals surface area contributed by atoms with Crippen molar-refractivity contribution in [1.29, 1.82) is 0 Å². The maximum absolute atomic E-state index is 6.08. The van der Waals surface area contributed by atoms with Gasteiger partial charge in [-0.05, 0) is 18.6 Å². The lowest BCUT2D eigenvalue weighted by molar-refractivity contribution is 0.617. The van der Waals surface area contributed by atoms with Gasteiger partial charge < -0.3 is 5.32 Å². The third-order valence-corrected chi connectivity index (χ3v) is 2.69. The zero-order valence-electron chi connectivity index (χ0n) is 8.71. The smallest absolute Gasteiger partial charge is 0.0453 e. The van der Waals surface area contributed by atoms with E-state index in [2.05, 4.69) is 12.2 Å². The first-order valence-corrected chi connectivity index (χ1v) is 5.85. The van der Waals surface area contributed by atoms with E-state index < -0.39 is 0 Å². The first kappa shape index (κ1) is 12.6. The van der Waals surface area contributed by atoms with Crippen LogP contribution in [0.25, 0.3) is 0 Å². The lowest BCUT2D eigenvalue weighted by Gasteiger charge is -2.14. The van der Waals surface area contributed by atoms with Gasteiger partial charge in [0.05, 0.1) is 0 Å². The minimum Gasteiger partial charge on any atom is -0.307 e. The molecule has 15 heavy (non-hydrogen) atoms. The molecule has 0 aliphatic heterocycles. The average Bonchev–Trinajstić information content (AvgIpc) is 2.25. The van der Waals surface area contributed by atoms with Crippen LogP contribution in [0.5, 0.6) is 0 Å². The summed E-state index contributed by atoms with van der Waals surface area (Å²) in [5.74, 6) is 0.558. The molecular formula is C12H15Cl2N. The van der Waals surface area contributed by atoms with Gasteiger partial charge in [0.1, 0.15) is 0 Å². The molecule has 82 valence electrons. The summed E-state index contributed by atoms with van der Waals surface area (Å²) < 4.78 is 0. The molecule has 1 rings (SSSR count). The van der Waals surface area contributed by atoms with E-state index >= 15 is 0 Å². The van der Waals surface area contributed by atoms with Crippen molar-refractivity contribution in [3.05, 3.63) is 47.0 Å². The average molecular weight is 244 g/mol. The van der Waals surface area contributed by atoms with Crippen molar-refractivity contribution < 1.29 is 0 Å². The van der Waals surface area contributed by atoms with Crippen LogP contribution in [0.15, 0.2) is 36.4 Å². The van der Waals surface area contributed by atoms with Gasteiger partial charge in [-0.25, -0.2) is 0 Å². The molecule has 1 aromatic rings. The van der Waals surface area contributed by atoms with Gasteiger partial charge in [-0.3, -0.25) is 0 Å². The van der Waals surface area contributed by atoms with Gasteiger partial charge in [-0.1, -0.05) is 42.0 Å². The van der Waals surface area contributed by atoms with Gasteiger partial charge >= 0.3 is 0 Å². The standard InChI is InChI=1S/C12H15Cl2N/c1-10(15-9-5-4-8-13)11-6-2-3-7-12(11)14/h2-7,10,15H,8-9H2,1H3/b5-4+/t10-/m0/s1. The van der Waals surface area contributed by atoms with Crippen LogP contribution in [0.1, 0.15) is 18.5 Å². The maximum Gasteiger partial charge on any atom is 0.0453 e. The normalized spacial score (nSPS) is 13.3. The van der Waals surface area contributed by atoms with E-state index in [1.807, 2.05) is 36.4 Å². The van der Waals surface area contributed by atoms with Crippen LogP contribution in [-0.4, -0.2) is 12.4 Å². The van der Waals surface area contributed by atoms with Crippen molar-refractivity contribution in [3.63, 3.8) is 0 Å². The highest BCUT2D eigenvalue weighted by atomic mass is 35.5. The van der Waals surface area contributed by atoms with Gasteiger partial charge in [0, 0.05) is 23.5 Å². The zero-order chi connectivity index (χ0) is 11.1. The molecular weight excluding hydrogens is 229 g/mol. The number of allylic oxidation sites excluding steroid dienone is 1. The summed E-state index contributed by atoms with van der Waals surface area (Å²) in [6.07, 6.45) is 3.94.